The van der Waals surface area contributed by atoms with Crippen molar-refractivity contribution in [3.63, 3.8) is 0 Å². The first-order valence-electron chi connectivity index (χ1n) is 12.7. The van der Waals surface area contributed by atoms with Crippen molar-refractivity contribution in [2.75, 3.05) is 31.6 Å². The predicted molar refractivity (Wildman–Crippen MR) is 150 cm³/mol. The van der Waals surface area contributed by atoms with Gasteiger partial charge >= 0.3 is 0 Å². The second-order valence-electron chi connectivity index (χ2n) is 8.94. The number of halogens is 1. The van der Waals surface area contributed by atoms with E-state index in [1.54, 1.807) is 24.3 Å². The van der Waals surface area contributed by atoms with E-state index in [9.17, 15) is 22.4 Å². The van der Waals surface area contributed by atoms with Crippen LogP contribution in [0.4, 0.5) is 10.1 Å². The fourth-order valence-electron chi connectivity index (χ4n) is 4.02. The van der Waals surface area contributed by atoms with Gasteiger partial charge in [-0.05, 0) is 43.7 Å². The summed E-state index contributed by atoms with van der Waals surface area (Å²) >= 11 is 0. The quantitative estimate of drug-likeness (QED) is 0.333. The van der Waals surface area contributed by atoms with E-state index in [1.807, 2.05) is 6.92 Å². The summed E-state index contributed by atoms with van der Waals surface area (Å²) in [4.78, 5) is 27.9. The Labute approximate surface area is 234 Å². The lowest BCUT2D eigenvalue weighted by molar-refractivity contribution is -0.139. The number of nitrogens with one attached hydrogen (secondary N) is 1. The summed E-state index contributed by atoms with van der Waals surface area (Å²) < 4.78 is 53.9. The summed E-state index contributed by atoms with van der Waals surface area (Å²) in [5.74, 6) is -1.05. The zero-order valence-electron chi connectivity index (χ0n) is 23.0. The molecule has 3 aromatic carbocycles. The van der Waals surface area contributed by atoms with E-state index in [4.69, 9.17) is 9.47 Å². The minimum Gasteiger partial charge on any atom is -0.493 e. The maximum absolute atomic E-state index is 14.6. The number of hydrogen-bond donors (Lipinski definition) is 1. The lowest BCUT2D eigenvalue weighted by Gasteiger charge is -2.32. The Morgan fingerprint density at radius 3 is 2.23 bits per heavy atom. The van der Waals surface area contributed by atoms with Crippen LogP contribution in [0.3, 0.4) is 0 Å². The fourth-order valence-corrected chi connectivity index (χ4v) is 5.44. The molecule has 0 aliphatic heterocycles. The third-order valence-electron chi connectivity index (χ3n) is 6.28. The highest BCUT2D eigenvalue weighted by atomic mass is 32.2. The van der Waals surface area contributed by atoms with E-state index in [-0.39, 0.29) is 28.4 Å². The molecule has 9 nitrogen and oxygen atoms in total. The lowest BCUT2D eigenvalue weighted by Crippen LogP contribution is -2.51. The first-order chi connectivity index (χ1) is 19.1. The number of carbonyl (C=O) groups excluding carboxylic acids is 2. The van der Waals surface area contributed by atoms with Gasteiger partial charge in [-0.2, -0.15) is 0 Å². The highest BCUT2D eigenvalue weighted by molar-refractivity contribution is 7.92. The Kier molecular flexibility index (Phi) is 10.5. The van der Waals surface area contributed by atoms with Crippen LogP contribution in [0.25, 0.3) is 0 Å². The molecule has 0 heterocycles. The second-order valence-corrected chi connectivity index (χ2v) is 10.8. The predicted octanol–water partition coefficient (Wildman–Crippen LogP) is 3.98. The summed E-state index contributed by atoms with van der Waals surface area (Å²) in [6, 6.07) is 17.1. The Morgan fingerprint density at radius 1 is 0.950 bits per heavy atom. The smallest absolute Gasteiger partial charge is 0.264 e. The molecule has 3 aromatic rings. The number of benzene rings is 3. The van der Waals surface area contributed by atoms with E-state index in [2.05, 4.69) is 5.32 Å². The molecule has 0 aliphatic carbocycles. The largest absolute Gasteiger partial charge is 0.493 e. The third-order valence-corrected chi connectivity index (χ3v) is 8.07. The van der Waals surface area contributed by atoms with E-state index >= 15 is 0 Å². The number of carbonyl (C=O) groups is 2. The van der Waals surface area contributed by atoms with Crippen LogP contribution in [0.1, 0.15) is 25.8 Å². The molecule has 1 N–H and O–H groups in total. The normalized spacial score (nSPS) is 11.8. The van der Waals surface area contributed by atoms with E-state index in [1.165, 1.54) is 74.6 Å². The van der Waals surface area contributed by atoms with Crippen LogP contribution in [-0.4, -0.2) is 58.5 Å². The van der Waals surface area contributed by atoms with Gasteiger partial charge in [0.25, 0.3) is 10.0 Å². The SMILES string of the molecule is CCCNC(=O)C(C)N(Cc1ccccc1F)C(=O)CN(c1ccc(OC)c(OC)c1)S(=O)(=O)c1ccccc1. The summed E-state index contributed by atoms with van der Waals surface area (Å²) in [6.07, 6.45) is 0.683. The highest BCUT2D eigenvalue weighted by Gasteiger charge is 2.33. The van der Waals surface area contributed by atoms with Gasteiger partial charge in [-0.25, -0.2) is 12.8 Å². The molecule has 3 rings (SSSR count). The molecule has 11 heteroatoms. The van der Waals surface area contributed by atoms with Crippen molar-refractivity contribution >= 4 is 27.5 Å². The van der Waals surface area contributed by atoms with Crippen molar-refractivity contribution in [1.82, 2.24) is 10.2 Å². The lowest BCUT2D eigenvalue weighted by atomic mass is 10.1. The number of rotatable bonds is 13. The summed E-state index contributed by atoms with van der Waals surface area (Å²) in [5.41, 5.74) is 0.332. The number of hydrogen-bond acceptors (Lipinski definition) is 6. The molecule has 0 radical (unpaired) electrons. The molecule has 0 saturated heterocycles. The minimum absolute atomic E-state index is 0.0352. The minimum atomic E-state index is -4.25. The molecule has 1 atom stereocenters. The Hall–Kier alpha value is -4.12. The Bertz CT molecular complexity index is 1420. The van der Waals surface area contributed by atoms with Crippen molar-refractivity contribution in [1.29, 1.82) is 0 Å². The van der Waals surface area contributed by atoms with Gasteiger partial charge in [0.05, 0.1) is 24.8 Å². The number of methoxy groups -OCH3 is 2. The van der Waals surface area contributed by atoms with Gasteiger partial charge in [-0.3, -0.25) is 13.9 Å². The van der Waals surface area contributed by atoms with Crippen molar-refractivity contribution in [2.24, 2.45) is 0 Å². The van der Waals surface area contributed by atoms with E-state index < -0.39 is 40.2 Å². The van der Waals surface area contributed by atoms with Crippen LogP contribution in [0, 0.1) is 5.82 Å². The number of ether oxygens (including phenoxy) is 2. The fraction of sp³-hybridized carbons (Fsp3) is 0.310. The van der Waals surface area contributed by atoms with Gasteiger partial charge in [0.15, 0.2) is 11.5 Å². The average Bonchev–Trinajstić information content (AvgIpc) is 2.97. The first kappa shape index (κ1) is 30.4. The zero-order chi connectivity index (χ0) is 29.3. The van der Waals surface area contributed by atoms with Crippen LogP contribution < -0.4 is 19.1 Å². The van der Waals surface area contributed by atoms with Crippen LogP contribution in [-0.2, 0) is 26.2 Å². The molecule has 0 spiro atoms. The second kappa shape index (κ2) is 13.8. The van der Waals surface area contributed by atoms with Gasteiger partial charge in [0, 0.05) is 24.7 Å². The number of anilines is 1. The standard InChI is InChI=1S/C29H34FN3O6S/c1-5-17-31-29(35)21(2)32(19-22-11-9-10-14-25(22)30)28(34)20-33(40(36,37)24-12-7-6-8-13-24)23-15-16-26(38-3)27(18-23)39-4/h6-16,18,21H,5,17,19-20H2,1-4H3,(H,31,35). The Morgan fingerprint density at radius 2 is 1.60 bits per heavy atom. The maximum Gasteiger partial charge on any atom is 0.264 e. The summed E-state index contributed by atoms with van der Waals surface area (Å²) in [5, 5.41) is 2.75. The first-order valence-corrected chi connectivity index (χ1v) is 14.2. The maximum atomic E-state index is 14.6. The average molecular weight is 572 g/mol. The molecule has 0 aliphatic rings. The highest BCUT2D eigenvalue weighted by Crippen LogP contribution is 2.34. The van der Waals surface area contributed by atoms with Crippen molar-refractivity contribution in [2.45, 2.75) is 37.8 Å². The van der Waals surface area contributed by atoms with Gasteiger partial charge < -0.3 is 19.7 Å². The summed E-state index contributed by atoms with van der Waals surface area (Å²) in [6.45, 7) is 2.91. The molecular formula is C29H34FN3O6S. The van der Waals surface area contributed by atoms with E-state index in [0.29, 0.717) is 18.7 Å². The topological polar surface area (TPSA) is 105 Å². The van der Waals surface area contributed by atoms with Crippen molar-refractivity contribution in [3.8, 4) is 11.5 Å². The molecular weight excluding hydrogens is 537 g/mol. The van der Waals surface area contributed by atoms with E-state index in [0.717, 1.165) is 4.31 Å². The number of nitrogens with zero attached hydrogens (tertiary/aromatic N) is 2. The number of amides is 2. The van der Waals surface area contributed by atoms with Crippen LogP contribution in [0.2, 0.25) is 0 Å². The molecule has 40 heavy (non-hydrogen) atoms. The van der Waals surface area contributed by atoms with Crippen LogP contribution in [0.5, 0.6) is 11.5 Å². The van der Waals surface area contributed by atoms with Gasteiger partial charge in [-0.15, -0.1) is 0 Å². The third kappa shape index (κ3) is 7.09. The molecule has 1 unspecified atom stereocenters. The molecule has 0 saturated carbocycles. The van der Waals surface area contributed by atoms with Crippen molar-refractivity contribution in [3.05, 3.63) is 84.2 Å². The molecule has 2 amide bonds. The van der Waals surface area contributed by atoms with Gasteiger partial charge in [0.1, 0.15) is 18.4 Å². The van der Waals surface area contributed by atoms with Crippen molar-refractivity contribution < 1.29 is 31.9 Å². The molecule has 0 fully saturated rings. The Balaban J connectivity index is 2.07. The zero-order valence-corrected chi connectivity index (χ0v) is 23.8. The molecule has 214 valence electrons. The molecule has 0 aromatic heterocycles. The summed E-state index contributed by atoms with van der Waals surface area (Å²) in [7, 11) is -1.39. The monoisotopic (exact) mass is 571 g/mol. The van der Waals surface area contributed by atoms with Gasteiger partial charge in [-0.1, -0.05) is 43.3 Å². The number of sulfonamides is 1. The van der Waals surface area contributed by atoms with Crippen LogP contribution >= 0.6 is 0 Å². The molecule has 0 bridgehead atoms. The van der Waals surface area contributed by atoms with Gasteiger partial charge in [0.2, 0.25) is 11.8 Å². The van der Waals surface area contributed by atoms with Crippen LogP contribution in [0.15, 0.2) is 77.7 Å².